The lowest BCUT2D eigenvalue weighted by atomic mass is 9.93. The molecule has 3 nitrogen and oxygen atoms in total. The molecular weight excluding hydrogens is 200 g/mol. The SMILES string of the molecule is Cc1ccnc(OCC(C)(N)CC(C)C)c1. The summed E-state index contributed by atoms with van der Waals surface area (Å²) in [6, 6.07) is 3.87. The van der Waals surface area contributed by atoms with Crippen LogP contribution in [0.1, 0.15) is 32.8 Å². The first-order valence-corrected chi connectivity index (χ1v) is 5.73. The number of hydrogen-bond acceptors (Lipinski definition) is 3. The quantitative estimate of drug-likeness (QED) is 0.832. The molecule has 1 aromatic heterocycles. The van der Waals surface area contributed by atoms with Gasteiger partial charge in [0.1, 0.15) is 6.61 Å². The molecule has 1 aromatic rings. The lowest BCUT2D eigenvalue weighted by Gasteiger charge is -2.26. The second-order valence-electron chi connectivity index (χ2n) is 5.21. The Morgan fingerprint density at radius 1 is 1.50 bits per heavy atom. The summed E-state index contributed by atoms with van der Waals surface area (Å²) >= 11 is 0. The Morgan fingerprint density at radius 2 is 2.19 bits per heavy atom. The lowest BCUT2D eigenvalue weighted by molar-refractivity contribution is 0.200. The van der Waals surface area contributed by atoms with Crippen LogP contribution in [-0.2, 0) is 0 Å². The van der Waals surface area contributed by atoms with Gasteiger partial charge < -0.3 is 10.5 Å². The fourth-order valence-electron chi connectivity index (χ4n) is 1.82. The summed E-state index contributed by atoms with van der Waals surface area (Å²) in [5.74, 6) is 1.23. The van der Waals surface area contributed by atoms with Gasteiger partial charge in [-0.15, -0.1) is 0 Å². The van der Waals surface area contributed by atoms with Gasteiger partial charge in [0.25, 0.3) is 0 Å². The molecule has 2 N–H and O–H groups in total. The van der Waals surface area contributed by atoms with E-state index >= 15 is 0 Å². The van der Waals surface area contributed by atoms with Crippen molar-refractivity contribution in [3.05, 3.63) is 23.9 Å². The molecule has 0 spiro atoms. The Hall–Kier alpha value is -1.09. The number of hydrogen-bond donors (Lipinski definition) is 1. The van der Waals surface area contributed by atoms with Crippen molar-refractivity contribution in [3.63, 3.8) is 0 Å². The van der Waals surface area contributed by atoms with E-state index in [0.717, 1.165) is 12.0 Å². The fraction of sp³-hybridized carbons (Fsp3) is 0.615. The highest BCUT2D eigenvalue weighted by Gasteiger charge is 2.21. The Kier molecular flexibility index (Phi) is 4.30. The molecule has 0 saturated heterocycles. The van der Waals surface area contributed by atoms with Gasteiger partial charge >= 0.3 is 0 Å². The average Bonchev–Trinajstić information content (AvgIpc) is 2.13. The number of rotatable bonds is 5. The molecule has 1 unspecified atom stereocenters. The van der Waals surface area contributed by atoms with E-state index in [4.69, 9.17) is 10.5 Å². The highest BCUT2D eigenvalue weighted by molar-refractivity contribution is 5.18. The van der Waals surface area contributed by atoms with Gasteiger partial charge in [-0.1, -0.05) is 13.8 Å². The zero-order chi connectivity index (χ0) is 12.2. The van der Waals surface area contributed by atoms with Crippen molar-refractivity contribution in [2.45, 2.75) is 39.7 Å². The Balaban J connectivity index is 2.50. The summed E-state index contributed by atoms with van der Waals surface area (Å²) in [4.78, 5) is 4.14. The zero-order valence-electron chi connectivity index (χ0n) is 10.7. The van der Waals surface area contributed by atoms with Crippen molar-refractivity contribution in [3.8, 4) is 5.88 Å². The third kappa shape index (κ3) is 4.62. The first kappa shape index (κ1) is 13.0. The van der Waals surface area contributed by atoms with E-state index in [1.165, 1.54) is 0 Å². The predicted octanol–water partition coefficient (Wildman–Crippen LogP) is 2.53. The van der Waals surface area contributed by atoms with E-state index in [2.05, 4.69) is 18.8 Å². The second kappa shape index (κ2) is 5.30. The monoisotopic (exact) mass is 222 g/mol. The molecule has 0 aliphatic rings. The first-order chi connectivity index (χ1) is 7.39. The number of ether oxygens (including phenoxy) is 1. The standard InChI is InChI=1S/C13H22N2O/c1-10(2)8-13(4,14)9-16-12-7-11(3)5-6-15-12/h5-7,10H,8-9,14H2,1-4H3. The highest BCUT2D eigenvalue weighted by Crippen LogP contribution is 2.16. The van der Waals surface area contributed by atoms with Crippen molar-refractivity contribution in [2.75, 3.05) is 6.61 Å². The summed E-state index contributed by atoms with van der Waals surface area (Å²) in [5.41, 5.74) is 7.00. The summed E-state index contributed by atoms with van der Waals surface area (Å²) < 4.78 is 5.62. The summed E-state index contributed by atoms with van der Waals surface area (Å²) in [6.45, 7) is 8.86. The molecule has 0 bridgehead atoms. The van der Waals surface area contributed by atoms with Gasteiger partial charge in [-0.3, -0.25) is 0 Å². The maximum Gasteiger partial charge on any atom is 0.213 e. The first-order valence-electron chi connectivity index (χ1n) is 5.73. The van der Waals surface area contributed by atoms with Gasteiger partial charge in [0.2, 0.25) is 5.88 Å². The van der Waals surface area contributed by atoms with Crippen LogP contribution in [0.3, 0.4) is 0 Å². The van der Waals surface area contributed by atoms with Gasteiger partial charge in [0.15, 0.2) is 0 Å². The minimum Gasteiger partial charge on any atom is -0.476 e. The summed E-state index contributed by atoms with van der Waals surface area (Å²) in [7, 11) is 0. The molecule has 0 amide bonds. The van der Waals surface area contributed by atoms with Crippen LogP contribution >= 0.6 is 0 Å². The normalized spacial score (nSPS) is 14.9. The maximum absolute atomic E-state index is 6.15. The number of aryl methyl sites for hydroxylation is 1. The molecule has 0 fully saturated rings. The zero-order valence-corrected chi connectivity index (χ0v) is 10.7. The number of pyridine rings is 1. The van der Waals surface area contributed by atoms with Crippen molar-refractivity contribution in [1.82, 2.24) is 4.98 Å². The van der Waals surface area contributed by atoms with Crippen LogP contribution < -0.4 is 10.5 Å². The van der Waals surface area contributed by atoms with Crippen LogP contribution in [0.2, 0.25) is 0 Å². The van der Waals surface area contributed by atoms with E-state index < -0.39 is 0 Å². The topological polar surface area (TPSA) is 48.1 Å². The molecule has 0 saturated carbocycles. The maximum atomic E-state index is 6.15. The molecule has 0 aliphatic carbocycles. The van der Waals surface area contributed by atoms with Crippen LogP contribution in [0.15, 0.2) is 18.3 Å². The molecule has 1 heterocycles. The average molecular weight is 222 g/mol. The van der Waals surface area contributed by atoms with Crippen molar-refractivity contribution >= 4 is 0 Å². The molecule has 0 radical (unpaired) electrons. The highest BCUT2D eigenvalue weighted by atomic mass is 16.5. The number of nitrogens with two attached hydrogens (primary N) is 1. The van der Waals surface area contributed by atoms with E-state index in [1.807, 2.05) is 26.0 Å². The van der Waals surface area contributed by atoms with Crippen LogP contribution in [-0.4, -0.2) is 17.1 Å². The minimum atomic E-state index is -0.292. The van der Waals surface area contributed by atoms with Gasteiger partial charge in [-0.05, 0) is 37.8 Å². The smallest absolute Gasteiger partial charge is 0.213 e. The predicted molar refractivity (Wildman–Crippen MR) is 66.5 cm³/mol. The number of aromatic nitrogens is 1. The third-order valence-corrected chi connectivity index (χ3v) is 2.31. The Bertz CT molecular complexity index is 334. The summed E-state index contributed by atoms with van der Waals surface area (Å²) in [6.07, 6.45) is 2.69. The third-order valence-electron chi connectivity index (χ3n) is 2.31. The van der Waals surface area contributed by atoms with E-state index in [1.54, 1.807) is 6.20 Å². The lowest BCUT2D eigenvalue weighted by Crippen LogP contribution is -2.43. The minimum absolute atomic E-state index is 0.292. The van der Waals surface area contributed by atoms with Crippen molar-refractivity contribution in [2.24, 2.45) is 11.7 Å². The molecule has 16 heavy (non-hydrogen) atoms. The van der Waals surface area contributed by atoms with Gasteiger partial charge in [0.05, 0.1) is 0 Å². The molecule has 1 rings (SSSR count). The largest absolute Gasteiger partial charge is 0.476 e. The Morgan fingerprint density at radius 3 is 2.75 bits per heavy atom. The van der Waals surface area contributed by atoms with Crippen LogP contribution in [0, 0.1) is 12.8 Å². The molecule has 0 aromatic carbocycles. The summed E-state index contributed by atoms with van der Waals surface area (Å²) in [5, 5.41) is 0. The second-order valence-corrected chi connectivity index (χ2v) is 5.21. The van der Waals surface area contributed by atoms with E-state index in [9.17, 15) is 0 Å². The van der Waals surface area contributed by atoms with Gasteiger partial charge in [-0.2, -0.15) is 0 Å². The number of nitrogens with zero attached hydrogens (tertiary/aromatic N) is 1. The Labute approximate surface area is 98.0 Å². The van der Waals surface area contributed by atoms with E-state index in [-0.39, 0.29) is 5.54 Å². The van der Waals surface area contributed by atoms with Crippen molar-refractivity contribution < 1.29 is 4.74 Å². The van der Waals surface area contributed by atoms with Crippen LogP contribution in [0.25, 0.3) is 0 Å². The van der Waals surface area contributed by atoms with Crippen LogP contribution in [0.4, 0.5) is 0 Å². The van der Waals surface area contributed by atoms with Crippen molar-refractivity contribution in [1.29, 1.82) is 0 Å². The van der Waals surface area contributed by atoms with Gasteiger partial charge in [0, 0.05) is 17.8 Å². The van der Waals surface area contributed by atoms with E-state index in [0.29, 0.717) is 18.4 Å². The molecule has 90 valence electrons. The van der Waals surface area contributed by atoms with Gasteiger partial charge in [-0.25, -0.2) is 4.98 Å². The molecule has 1 atom stereocenters. The fourth-order valence-corrected chi connectivity index (χ4v) is 1.82. The molecule has 3 heteroatoms. The molecular formula is C13H22N2O. The molecule has 0 aliphatic heterocycles. The van der Waals surface area contributed by atoms with Crippen LogP contribution in [0.5, 0.6) is 5.88 Å².